The topological polar surface area (TPSA) is 105 Å². The molecule has 0 radical (unpaired) electrons. The zero-order valence-electron chi connectivity index (χ0n) is 14.3. The number of β-lactam (4-membered cyclic amide) rings is 1. The molecule has 2 heterocycles. The molecule has 2 amide bonds. The highest BCUT2D eigenvalue weighted by molar-refractivity contribution is 8.00. The molecule has 1 aromatic rings. The maximum atomic E-state index is 12.7. The van der Waals surface area contributed by atoms with Crippen molar-refractivity contribution in [3.05, 3.63) is 41.6 Å². The quantitative estimate of drug-likeness (QED) is 0.391. The monoisotopic (exact) mass is 412 g/mol. The van der Waals surface area contributed by atoms with Crippen molar-refractivity contribution in [1.29, 1.82) is 0 Å². The van der Waals surface area contributed by atoms with Crippen LogP contribution in [-0.2, 0) is 19.1 Å². The Morgan fingerprint density at radius 3 is 2.70 bits per heavy atom. The number of alkyl halides is 1. The average Bonchev–Trinajstić information content (AvgIpc) is 2.69. The van der Waals surface area contributed by atoms with Crippen molar-refractivity contribution < 1.29 is 29.0 Å². The predicted octanol–water partition coefficient (Wildman–Crippen LogP) is 1.02. The van der Waals surface area contributed by atoms with Gasteiger partial charge in [0.2, 0.25) is 0 Å². The molecule has 2 N–H and O–H groups in total. The average molecular weight is 413 g/mol. The first-order valence-electron chi connectivity index (χ1n) is 7.95. The molecule has 144 valence electrons. The molecule has 1 aromatic carbocycles. The molecule has 0 aromatic heterocycles. The molecule has 0 spiro atoms. The number of hydrogen-bond acceptors (Lipinski definition) is 6. The number of ether oxygens (including phenoxy) is 2. The lowest BCUT2D eigenvalue weighted by molar-refractivity contribution is -0.192. The predicted molar refractivity (Wildman–Crippen MR) is 98.3 cm³/mol. The SMILES string of the molecule is COC1(NC(=O)COc2ccccc2)C(=O)N2C(C(=O)O)=C(CCl)CS[C@H]21. The number of para-hydroxylation sites is 1. The van der Waals surface area contributed by atoms with Crippen LogP contribution in [0.15, 0.2) is 41.6 Å². The Labute approximate surface area is 164 Å². The lowest BCUT2D eigenvalue weighted by atomic mass is 9.98. The van der Waals surface area contributed by atoms with Crippen molar-refractivity contribution in [3.63, 3.8) is 0 Å². The molecule has 1 unspecified atom stereocenters. The summed E-state index contributed by atoms with van der Waals surface area (Å²) in [4.78, 5) is 37.7. The van der Waals surface area contributed by atoms with Crippen molar-refractivity contribution in [2.75, 3.05) is 25.3 Å². The molecule has 0 bridgehead atoms. The van der Waals surface area contributed by atoms with Gasteiger partial charge in [-0.05, 0) is 17.7 Å². The number of carboxylic acids is 1. The van der Waals surface area contributed by atoms with E-state index < -0.39 is 28.9 Å². The van der Waals surface area contributed by atoms with Gasteiger partial charge in [-0.15, -0.1) is 23.4 Å². The maximum Gasteiger partial charge on any atom is 0.352 e. The standard InChI is InChI=1S/C17H17ClN2O6S/c1-25-17(19-12(21)8-26-11-5-3-2-4-6-11)15(24)20-13(14(22)23)10(7-18)9-27-16(17)20/h2-6,16H,7-9H2,1H3,(H,19,21)(H,22,23)/t16-,17?/m0/s1. The van der Waals surface area contributed by atoms with E-state index in [2.05, 4.69) is 5.32 Å². The Hall–Kier alpha value is -2.23. The van der Waals surface area contributed by atoms with Gasteiger partial charge in [0.05, 0.1) is 0 Å². The fourth-order valence-corrected chi connectivity index (χ4v) is 4.73. The summed E-state index contributed by atoms with van der Waals surface area (Å²) in [6.07, 6.45) is 0. The minimum atomic E-state index is -1.64. The number of fused-ring (bicyclic) bond motifs is 1. The third-order valence-corrected chi connectivity index (χ3v) is 5.93. The molecule has 0 aliphatic carbocycles. The minimum Gasteiger partial charge on any atom is -0.484 e. The number of amides is 2. The van der Waals surface area contributed by atoms with Crippen LogP contribution >= 0.6 is 23.4 Å². The van der Waals surface area contributed by atoms with E-state index in [1.165, 1.54) is 18.9 Å². The Kier molecular flexibility index (Phi) is 5.64. The van der Waals surface area contributed by atoms with Gasteiger partial charge in [0, 0.05) is 18.7 Å². The maximum absolute atomic E-state index is 12.7. The largest absolute Gasteiger partial charge is 0.484 e. The molecule has 8 nitrogen and oxygen atoms in total. The number of benzene rings is 1. The number of carboxylic acid groups (broad SMARTS) is 1. The lowest BCUT2D eigenvalue weighted by Gasteiger charge is -2.55. The van der Waals surface area contributed by atoms with Crippen LogP contribution in [0.3, 0.4) is 0 Å². The molecular formula is C17H17ClN2O6S. The Bertz CT molecular complexity index is 802. The number of nitrogens with zero attached hydrogens (tertiary/aromatic N) is 1. The van der Waals surface area contributed by atoms with Crippen LogP contribution in [0.2, 0.25) is 0 Å². The number of aliphatic carboxylic acids is 1. The van der Waals surface area contributed by atoms with Gasteiger partial charge in [-0.3, -0.25) is 14.5 Å². The zero-order valence-corrected chi connectivity index (χ0v) is 15.9. The van der Waals surface area contributed by atoms with E-state index in [0.29, 0.717) is 17.1 Å². The van der Waals surface area contributed by atoms with E-state index in [0.717, 1.165) is 4.90 Å². The first kappa shape index (κ1) is 19.5. The molecule has 1 fully saturated rings. The molecular weight excluding hydrogens is 396 g/mol. The van der Waals surface area contributed by atoms with E-state index in [9.17, 15) is 19.5 Å². The minimum absolute atomic E-state index is 0.00237. The summed E-state index contributed by atoms with van der Waals surface area (Å²) in [6, 6.07) is 8.75. The molecule has 1 saturated heterocycles. The highest BCUT2D eigenvalue weighted by Crippen LogP contribution is 2.46. The number of halogens is 1. The van der Waals surface area contributed by atoms with Gasteiger partial charge in [-0.25, -0.2) is 4.79 Å². The van der Waals surface area contributed by atoms with Crippen LogP contribution < -0.4 is 10.1 Å². The van der Waals surface area contributed by atoms with Gasteiger partial charge in [0.25, 0.3) is 17.5 Å². The van der Waals surface area contributed by atoms with Crippen molar-refractivity contribution >= 4 is 41.1 Å². The first-order chi connectivity index (χ1) is 12.9. The summed E-state index contributed by atoms with van der Waals surface area (Å²) in [5.74, 6) is -1.62. The fraction of sp³-hybridized carbons (Fsp3) is 0.353. The van der Waals surface area contributed by atoms with E-state index in [1.54, 1.807) is 24.3 Å². The van der Waals surface area contributed by atoms with Gasteiger partial charge in [0.15, 0.2) is 6.61 Å². The second kappa shape index (κ2) is 7.79. The van der Waals surface area contributed by atoms with Crippen molar-refractivity contribution in [2.24, 2.45) is 0 Å². The Morgan fingerprint density at radius 2 is 2.11 bits per heavy atom. The van der Waals surface area contributed by atoms with E-state index in [-0.39, 0.29) is 18.2 Å². The number of carbonyl (C=O) groups is 3. The Balaban J connectivity index is 1.73. The third-order valence-electron chi connectivity index (χ3n) is 4.23. The number of nitrogens with one attached hydrogen (secondary N) is 1. The van der Waals surface area contributed by atoms with Crippen molar-refractivity contribution in [1.82, 2.24) is 10.2 Å². The van der Waals surface area contributed by atoms with Gasteiger partial charge in [-0.1, -0.05) is 18.2 Å². The first-order valence-corrected chi connectivity index (χ1v) is 9.53. The van der Waals surface area contributed by atoms with Gasteiger partial charge >= 0.3 is 5.97 Å². The van der Waals surface area contributed by atoms with Crippen LogP contribution in [0.1, 0.15) is 0 Å². The molecule has 2 aliphatic rings. The summed E-state index contributed by atoms with van der Waals surface area (Å²) in [5.41, 5.74) is -1.34. The van der Waals surface area contributed by atoms with Crippen LogP contribution in [0, 0.1) is 0 Å². The van der Waals surface area contributed by atoms with Crippen molar-refractivity contribution in [3.8, 4) is 5.75 Å². The molecule has 3 rings (SSSR count). The summed E-state index contributed by atoms with van der Waals surface area (Å²) in [7, 11) is 1.29. The van der Waals surface area contributed by atoms with Gasteiger partial charge in [-0.2, -0.15) is 0 Å². The lowest BCUT2D eigenvalue weighted by Crippen LogP contribution is -2.81. The zero-order chi connectivity index (χ0) is 19.6. The highest BCUT2D eigenvalue weighted by atomic mass is 35.5. The molecule has 0 saturated carbocycles. The molecule has 2 aliphatic heterocycles. The summed E-state index contributed by atoms with van der Waals surface area (Å²) >= 11 is 7.08. The Morgan fingerprint density at radius 1 is 1.41 bits per heavy atom. The summed E-state index contributed by atoms with van der Waals surface area (Å²) in [6.45, 7) is -0.311. The number of hydrogen-bond donors (Lipinski definition) is 2. The van der Waals surface area contributed by atoms with E-state index in [4.69, 9.17) is 21.1 Å². The van der Waals surface area contributed by atoms with E-state index >= 15 is 0 Å². The molecule has 10 heteroatoms. The molecule has 2 atom stereocenters. The van der Waals surface area contributed by atoms with Crippen LogP contribution in [0.5, 0.6) is 5.75 Å². The number of rotatable bonds is 7. The second-order valence-electron chi connectivity index (χ2n) is 5.82. The summed E-state index contributed by atoms with van der Waals surface area (Å²) < 4.78 is 10.7. The van der Waals surface area contributed by atoms with Crippen LogP contribution in [0.25, 0.3) is 0 Å². The second-order valence-corrected chi connectivity index (χ2v) is 7.15. The summed E-state index contributed by atoms with van der Waals surface area (Å²) in [5, 5.41) is 11.3. The van der Waals surface area contributed by atoms with Crippen LogP contribution in [-0.4, -0.2) is 64.2 Å². The normalized spacial score (nSPS) is 24.1. The number of thioether (sulfide) groups is 1. The van der Waals surface area contributed by atoms with Gasteiger partial charge in [0.1, 0.15) is 16.8 Å². The van der Waals surface area contributed by atoms with Crippen LogP contribution in [0.4, 0.5) is 0 Å². The van der Waals surface area contributed by atoms with Crippen molar-refractivity contribution in [2.45, 2.75) is 11.1 Å². The highest BCUT2D eigenvalue weighted by Gasteiger charge is 2.66. The van der Waals surface area contributed by atoms with E-state index in [1.807, 2.05) is 6.07 Å². The fourth-order valence-electron chi connectivity index (χ4n) is 2.95. The third kappa shape index (κ3) is 3.38. The van der Waals surface area contributed by atoms with Gasteiger partial charge < -0.3 is 19.9 Å². The molecule has 27 heavy (non-hydrogen) atoms. The number of carbonyl (C=O) groups excluding carboxylic acids is 2. The number of methoxy groups -OCH3 is 1. The smallest absolute Gasteiger partial charge is 0.352 e.